The van der Waals surface area contributed by atoms with Gasteiger partial charge >= 0.3 is 6.03 Å². The highest BCUT2D eigenvalue weighted by molar-refractivity contribution is 5.71. The van der Waals surface area contributed by atoms with Crippen molar-refractivity contribution in [3.63, 3.8) is 0 Å². The highest BCUT2D eigenvalue weighted by Crippen LogP contribution is 2.09. The van der Waals surface area contributed by atoms with Crippen LogP contribution < -0.4 is 21.7 Å². The van der Waals surface area contributed by atoms with E-state index in [0.29, 0.717) is 18.8 Å². The van der Waals surface area contributed by atoms with Crippen LogP contribution >= 0.6 is 0 Å². The number of rotatable bonds is 4. The molecule has 0 atom stereocenters. The zero-order valence-corrected chi connectivity index (χ0v) is 8.60. The van der Waals surface area contributed by atoms with Gasteiger partial charge in [-0.2, -0.15) is 0 Å². The molecule has 15 heavy (non-hydrogen) atoms. The van der Waals surface area contributed by atoms with Crippen LogP contribution in [0.3, 0.4) is 0 Å². The molecular formula is C9H15N5O. The van der Waals surface area contributed by atoms with Gasteiger partial charge in [0.05, 0.1) is 11.9 Å². The lowest BCUT2D eigenvalue weighted by molar-refractivity contribution is 0.249. The van der Waals surface area contributed by atoms with E-state index >= 15 is 0 Å². The van der Waals surface area contributed by atoms with E-state index in [1.165, 1.54) is 0 Å². The van der Waals surface area contributed by atoms with Gasteiger partial charge in [-0.15, -0.1) is 0 Å². The topological polar surface area (TPSA) is 97.3 Å². The van der Waals surface area contributed by atoms with Crippen molar-refractivity contribution in [3.05, 3.63) is 18.3 Å². The minimum Gasteiger partial charge on any atom is -0.397 e. The van der Waals surface area contributed by atoms with Crippen LogP contribution in [0, 0.1) is 0 Å². The van der Waals surface area contributed by atoms with Crippen LogP contribution in [-0.2, 0) is 0 Å². The molecule has 0 saturated heterocycles. The minimum absolute atomic E-state index is 0.484. The number of carbonyl (C=O) groups excluding carboxylic acids is 1. The Kier molecular flexibility index (Phi) is 3.73. The van der Waals surface area contributed by atoms with Crippen LogP contribution in [-0.4, -0.2) is 31.2 Å². The Hall–Kier alpha value is -1.98. The number of urea groups is 1. The summed E-state index contributed by atoms with van der Waals surface area (Å²) in [5.41, 5.74) is 11.1. The summed E-state index contributed by atoms with van der Waals surface area (Å²) in [5.74, 6) is 0.801. The number of primary amides is 1. The smallest absolute Gasteiger partial charge is 0.312 e. The first-order valence-electron chi connectivity index (χ1n) is 4.55. The van der Waals surface area contributed by atoms with Crippen molar-refractivity contribution < 1.29 is 4.79 Å². The second kappa shape index (κ2) is 5.04. The molecule has 0 bridgehead atoms. The zero-order chi connectivity index (χ0) is 11.3. The average Bonchev–Trinajstić information content (AvgIpc) is 2.18. The van der Waals surface area contributed by atoms with Crippen molar-refractivity contribution in [1.29, 1.82) is 0 Å². The molecule has 1 aromatic heterocycles. The first-order chi connectivity index (χ1) is 7.09. The van der Waals surface area contributed by atoms with Crippen LogP contribution in [0.15, 0.2) is 18.3 Å². The summed E-state index contributed by atoms with van der Waals surface area (Å²) in [6.45, 7) is 1.12. The summed E-state index contributed by atoms with van der Waals surface area (Å²) in [4.78, 5) is 16.5. The predicted octanol–water partition coefficient (Wildman–Crippen LogP) is -0.232. The number of carbonyl (C=O) groups is 1. The molecule has 0 aliphatic carbocycles. The maximum Gasteiger partial charge on any atom is 0.312 e. The summed E-state index contributed by atoms with van der Waals surface area (Å²) < 4.78 is 0. The number of nitrogens with two attached hydrogens (primary N) is 2. The van der Waals surface area contributed by atoms with E-state index in [1.54, 1.807) is 12.3 Å². The van der Waals surface area contributed by atoms with Crippen LogP contribution in [0.2, 0.25) is 0 Å². The second-order valence-corrected chi connectivity index (χ2v) is 3.16. The molecule has 1 aromatic rings. The summed E-state index contributed by atoms with van der Waals surface area (Å²) in [5, 5.41) is 2.50. The van der Waals surface area contributed by atoms with Gasteiger partial charge in [0.1, 0.15) is 5.82 Å². The molecule has 1 rings (SSSR count). The van der Waals surface area contributed by atoms with E-state index in [1.807, 2.05) is 18.0 Å². The van der Waals surface area contributed by atoms with Gasteiger partial charge in [0, 0.05) is 20.1 Å². The fraction of sp³-hybridized carbons (Fsp3) is 0.333. The maximum atomic E-state index is 10.4. The number of aromatic nitrogens is 1. The molecule has 82 valence electrons. The van der Waals surface area contributed by atoms with Crippen molar-refractivity contribution in [3.8, 4) is 0 Å². The lowest BCUT2D eigenvalue weighted by Gasteiger charge is -2.17. The normalized spacial score (nSPS) is 9.67. The van der Waals surface area contributed by atoms with E-state index < -0.39 is 6.03 Å². The van der Waals surface area contributed by atoms with Gasteiger partial charge < -0.3 is 21.7 Å². The third kappa shape index (κ3) is 3.72. The number of anilines is 2. The summed E-state index contributed by atoms with van der Waals surface area (Å²) in [6.07, 6.45) is 1.59. The molecule has 1 heterocycles. The Bertz CT molecular complexity index is 324. The molecule has 5 N–H and O–H groups in total. The third-order valence-electron chi connectivity index (χ3n) is 1.91. The highest BCUT2D eigenvalue weighted by Gasteiger charge is 2.01. The molecule has 6 heteroatoms. The van der Waals surface area contributed by atoms with Gasteiger partial charge in [0.15, 0.2) is 0 Å². The van der Waals surface area contributed by atoms with Crippen LogP contribution in [0.5, 0.6) is 0 Å². The minimum atomic E-state index is -0.520. The molecule has 0 fully saturated rings. The fourth-order valence-electron chi connectivity index (χ4n) is 1.08. The van der Waals surface area contributed by atoms with E-state index in [4.69, 9.17) is 11.5 Å². The molecule has 6 nitrogen and oxygen atoms in total. The standard InChI is InChI=1S/C9H15N5O/c1-14(5-4-12-9(11)15)8-3-2-7(10)6-13-8/h2-3,6H,4-5,10H2,1H3,(H3,11,12,15). The second-order valence-electron chi connectivity index (χ2n) is 3.16. The van der Waals surface area contributed by atoms with E-state index in [2.05, 4.69) is 10.3 Å². The number of hydrogen-bond donors (Lipinski definition) is 3. The first-order valence-corrected chi connectivity index (χ1v) is 4.55. The molecule has 0 aromatic carbocycles. The quantitative estimate of drug-likeness (QED) is 0.638. The lowest BCUT2D eigenvalue weighted by Crippen LogP contribution is -2.36. The lowest BCUT2D eigenvalue weighted by atomic mass is 10.4. The monoisotopic (exact) mass is 209 g/mol. The van der Waals surface area contributed by atoms with Crippen molar-refractivity contribution >= 4 is 17.5 Å². The molecule has 2 amide bonds. The van der Waals surface area contributed by atoms with Crippen molar-refractivity contribution in [2.24, 2.45) is 5.73 Å². The SMILES string of the molecule is CN(CCNC(N)=O)c1ccc(N)cn1. The molecule has 0 unspecified atom stereocenters. The third-order valence-corrected chi connectivity index (χ3v) is 1.91. The number of amides is 2. The van der Waals surface area contributed by atoms with Gasteiger partial charge in [-0.05, 0) is 12.1 Å². The van der Waals surface area contributed by atoms with Gasteiger partial charge in [0.25, 0.3) is 0 Å². The Morgan fingerprint density at radius 3 is 2.87 bits per heavy atom. The molecule has 0 spiro atoms. The maximum absolute atomic E-state index is 10.4. The molecular weight excluding hydrogens is 194 g/mol. The van der Waals surface area contributed by atoms with Gasteiger partial charge in [0.2, 0.25) is 0 Å². The van der Waals surface area contributed by atoms with Gasteiger partial charge in [-0.25, -0.2) is 9.78 Å². The van der Waals surface area contributed by atoms with Crippen molar-refractivity contribution in [2.45, 2.75) is 0 Å². The average molecular weight is 209 g/mol. The zero-order valence-electron chi connectivity index (χ0n) is 8.60. The van der Waals surface area contributed by atoms with E-state index in [-0.39, 0.29) is 0 Å². The summed E-state index contributed by atoms with van der Waals surface area (Å²) >= 11 is 0. The van der Waals surface area contributed by atoms with E-state index in [9.17, 15) is 4.79 Å². The fourth-order valence-corrected chi connectivity index (χ4v) is 1.08. The van der Waals surface area contributed by atoms with Crippen LogP contribution in [0.4, 0.5) is 16.3 Å². The van der Waals surface area contributed by atoms with E-state index in [0.717, 1.165) is 5.82 Å². The molecule has 0 saturated carbocycles. The number of nitrogen functional groups attached to an aromatic ring is 1. The Balaban J connectivity index is 2.43. The van der Waals surface area contributed by atoms with Crippen molar-refractivity contribution in [2.75, 3.05) is 30.8 Å². The Morgan fingerprint density at radius 1 is 1.60 bits per heavy atom. The number of nitrogens with one attached hydrogen (secondary N) is 1. The molecule has 0 aliphatic rings. The molecule has 0 aliphatic heterocycles. The highest BCUT2D eigenvalue weighted by atomic mass is 16.2. The number of nitrogens with zero attached hydrogens (tertiary/aromatic N) is 2. The van der Waals surface area contributed by atoms with Gasteiger partial charge in [-0.3, -0.25) is 0 Å². The number of pyridine rings is 1. The molecule has 0 radical (unpaired) electrons. The van der Waals surface area contributed by atoms with Gasteiger partial charge in [-0.1, -0.05) is 0 Å². The largest absolute Gasteiger partial charge is 0.397 e. The van der Waals surface area contributed by atoms with Crippen LogP contribution in [0.1, 0.15) is 0 Å². The number of hydrogen-bond acceptors (Lipinski definition) is 4. The summed E-state index contributed by atoms with van der Waals surface area (Å²) in [7, 11) is 1.88. The number of likely N-dealkylation sites (N-methyl/N-ethyl adjacent to an activating group) is 1. The van der Waals surface area contributed by atoms with Crippen LogP contribution in [0.25, 0.3) is 0 Å². The Morgan fingerprint density at radius 2 is 2.33 bits per heavy atom. The summed E-state index contributed by atoms with van der Waals surface area (Å²) in [6, 6.07) is 3.08. The Labute approximate surface area is 88.3 Å². The van der Waals surface area contributed by atoms with Crippen molar-refractivity contribution in [1.82, 2.24) is 10.3 Å². The predicted molar refractivity (Wildman–Crippen MR) is 59.5 cm³/mol. The first kappa shape index (κ1) is 11.1.